The molecule has 4 nitrogen and oxygen atoms in total. The Morgan fingerprint density at radius 3 is 3.05 bits per heavy atom. The fourth-order valence-corrected chi connectivity index (χ4v) is 2.79. The molecule has 0 bridgehead atoms. The number of carbonyl (C=O) groups is 1. The topological polar surface area (TPSA) is 46.3 Å². The van der Waals surface area contributed by atoms with E-state index in [1.165, 1.54) is 6.07 Å². The molecule has 5 heteroatoms. The first-order valence-electron chi connectivity index (χ1n) is 7.10. The zero-order chi connectivity index (χ0) is 14.8. The second kappa shape index (κ2) is 5.68. The molecular weight excluding hydrogens is 271 g/mol. The highest BCUT2D eigenvalue weighted by Crippen LogP contribution is 2.31. The lowest BCUT2D eigenvalue weighted by atomic mass is 10.1. The van der Waals surface area contributed by atoms with Crippen molar-refractivity contribution < 1.29 is 13.6 Å². The summed E-state index contributed by atoms with van der Waals surface area (Å²) in [5.74, 6) is 0.951. The van der Waals surface area contributed by atoms with Gasteiger partial charge in [0.2, 0.25) is 11.8 Å². The lowest BCUT2D eigenvalue weighted by Gasteiger charge is -2.20. The molecule has 1 aliphatic rings. The molecule has 0 N–H and O–H groups in total. The Hall–Kier alpha value is -2.17. The van der Waals surface area contributed by atoms with Crippen molar-refractivity contribution >= 4 is 5.91 Å². The van der Waals surface area contributed by atoms with Gasteiger partial charge in [0, 0.05) is 19.9 Å². The zero-order valence-corrected chi connectivity index (χ0v) is 11.9. The SMILES string of the molecule is CC(=O)N1CCC[C@@H]1c1ncc(Cc2ccccc2F)o1. The zero-order valence-electron chi connectivity index (χ0n) is 11.9. The van der Waals surface area contributed by atoms with Crippen molar-refractivity contribution in [2.75, 3.05) is 6.54 Å². The predicted molar refractivity (Wildman–Crippen MR) is 75.1 cm³/mol. The number of nitrogens with zero attached hydrogens (tertiary/aromatic N) is 2. The number of halogens is 1. The number of hydrogen-bond donors (Lipinski definition) is 0. The van der Waals surface area contributed by atoms with Crippen LogP contribution in [-0.4, -0.2) is 22.3 Å². The summed E-state index contributed by atoms with van der Waals surface area (Å²) < 4.78 is 19.4. The number of hydrogen-bond acceptors (Lipinski definition) is 3. The highest BCUT2D eigenvalue weighted by atomic mass is 19.1. The first-order valence-corrected chi connectivity index (χ1v) is 7.10. The van der Waals surface area contributed by atoms with Crippen LogP contribution in [0.4, 0.5) is 4.39 Å². The molecule has 1 atom stereocenters. The summed E-state index contributed by atoms with van der Waals surface area (Å²) in [6, 6.07) is 6.53. The first-order chi connectivity index (χ1) is 10.1. The van der Waals surface area contributed by atoms with E-state index >= 15 is 0 Å². The van der Waals surface area contributed by atoms with Crippen LogP contribution in [0.25, 0.3) is 0 Å². The third-order valence-corrected chi connectivity index (χ3v) is 3.84. The van der Waals surface area contributed by atoms with Crippen LogP contribution in [0.3, 0.4) is 0 Å². The van der Waals surface area contributed by atoms with E-state index in [9.17, 15) is 9.18 Å². The van der Waals surface area contributed by atoms with E-state index in [4.69, 9.17) is 4.42 Å². The van der Waals surface area contributed by atoms with Crippen LogP contribution in [0.1, 0.15) is 43.0 Å². The second-order valence-electron chi connectivity index (χ2n) is 5.30. The molecule has 3 rings (SSSR count). The molecular formula is C16H17FN2O2. The number of rotatable bonds is 3. The minimum Gasteiger partial charge on any atom is -0.443 e. The number of amides is 1. The predicted octanol–water partition coefficient (Wildman–Crippen LogP) is 3.09. The molecule has 110 valence electrons. The molecule has 2 heterocycles. The van der Waals surface area contributed by atoms with Crippen molar-refractivity contribution in [2.24, 2.45) is 0 Å². The Bertz CT molecular complexity index is 653. The molecule has 0 radical (unpaired) electrons. The molecule has 0 aliphatic carbocycles. The molecule has 1 aromatic carbocycles. The van der Waals surface area contributed by atoms with E-state index in [0.717, 1.165) is 19.4 Å². The monoisotopic (exact) mass is 288 g/mol. The van der Waals surface area contributed by atoms with Crippen LogP contribution >= 0.6 is 0 Å². The minimum absolute atomic E-state index is 0.0337. The second-order valence-corrected chi connectivity index (χ2v) is 5.30. The van der Waals surface area contributed by atoms with Crippen molar-refractivity contribution in [3.8, 4) is 0 Å². The summed E-state index contributed by atoms with van der Waals surface area (Å²) in [7, 11) is 0. The Labute approximate surface area is 122 Å². The summed E-state index contributed by atoms with van der Waals surface area (Å²) in [5.41, 5.74) is 0.579. The molecule has 1 aliphatic heterocycles. The van der Waals surface area contributed by atoms with Gasteiger partial charge in [-0.3, -0.25) is 4.79 Å². The molecule has 0 saturated carbocycles. The number of benzene rings is 1. The minimum atomic E-state index is -0.248. The fourth-order valence-electron chi connectivity index (χ4n) is 2.79. The maximum absolute atomic E-state index is 13.6. The average Bonchev–Trinajstić information content (AvgIpc) is 3.09. The van der Waals surface area contributed by atoms with Crippen LogP contribution < -0.4 is 0 Å². The van der Waals surface area contributed by atoms with Crippen molar-refractivity contribution in [3.63, 3.8) is 0 Å². The van der Waals surface area contributed by atoms with Gasteiger partial charge in [-0.2, -0.15) is 0 Å². The molecule has 1 aromatic heterocycles. The average molecular weight is 288 g/mol. The van der Waals surface area contributed by atoms with E-state index in [2.05, 4.69) is 4.98 Å². The fraction of sp³-hybridized carbons (Fsp3) is 0.375. The quantitative estimate of drug-likeness (QED) is 0.872. The standard InChI is InChI=1S/C16H17FN2O2/c1-11(20)19-8-4-7-15(19)16-18-10-13(21-16)9-12-5-2-3-6-14(12)17/h2-3,5-6,10,15H,4,7-9H2,1H3/t15-/m1/s1. The van der Waals surface area contributed by atoms with Crippen molar-refractivity contribution in [1.82, 2.24) is 9.88 Å². The van der Waals surface area contributed by atoms with Crippen LogP contribution in [0.5, 0.6) is 0 Å². The van der Waals surface area contributed by atoms with Crippen LogP contribution in [0, 0.1) is 5.82 Å². The van der Waals surface area contributed by atoms with E-state index < -0.39 is 0 Å². The van der Waals surface area contributed by atoms with Gasteiger partial charge in [-0.25, -0.2) is 9.37 Å². The molecule has 1 fully saturated rings. The molecule has 2 aromatic rings. The van der Waals surface area contributed by atoms with Crippen LogP contribution in [-0.2, 0) is 11.2 Å². The summed E-state index contributed by atoms with van der Waals surface area (Å²) >= 11 is 0. The summed E-state index contributed by atoms with van der Waals surface area (Å²) in [6.07, 6.45) is 3.80. The van der Waals surface area contributed by atoms with E-state index in [-0.39, 0.29) is 17.8 Å². The maximum Gasteiger partial charge on any atom is 0.220 e. The van der Waals surface area contributed by atoms with Crippen molar-refractivity contribution in [3.05, 3.63) is 53.5 Å². The smallest absolute Gasteiger partial charge is 0.220 e. The molecule has 21 heavy (non-hydrogen) atoms. The third-order valence-electron chi connectivity index (χ3n) is 3.84. The van der Waals surface area contributed by atoms with E-state index in [0.29, 0.717) is 23.6 Å². The van der Waals surface area contributed by atoms with Gasteiger partial charge in [0.05, 0.1) is 6.20 Å². The summed E-state index contributed by atoms with van der Waals surface area (Å²) in [5, 5.41) is 0. The Kier molecular flexibility index (Phi) is 3.73. The van der Waals surface area contributed by atoms with Crippen LogP contribution in [0.15, 0.2) is 34.9 Å². The van der Waals surface area contributed by atoms with E-state index in [1.807, 2.05) is 0 Å². The first kappa shape index (κ1) is 13.8. The van der Waals surface area contributed by atoms with Gasteiger partial charge in [0.1, 0.15) is 17.6 Å². The third kappa shape index (κ3) is 2.82. The number of likely N-dealkylation sites (tertiary alicyclic amines) is 1. The Balaban J connectivity index is 1.78. The Morgan fingerprint density at radius 2 is 2.29 bits per heavy atom. The molecule has 1 saturated heterocycles. The number of aromatic nitrogens is 1. The molecule has 0 spiro atoms. The largest absolute Gasteiger partial charge is 0.443 e. The summed E-state index contributed by atoms with van der Waals surface area (Å²) in [6.45, 7) is 2.30. The highest BCUT2D eigenvalue weighted by molar-refractivity contribution is 5.74. The van der Waals surface area contributed by atoms with Gasteiger partial charge in [-0.05, 0) is 24.5 Å². The van der Waals surface area contributed by atoms with Crippen molar-refractivity contribution in [2.45, 2.75) is 32.2 Å². The Morgan fingerprint density at radius 1 is 1.48 bits per heavy atom. The molecule has 0 unspecified atom stereocenters. The van der Waals surface area contributed by atoms with Gasteiger partial charge in [-0.1, -0.05) is 18.2 Å². The lowest BCUT2D eigenvalue weighted by molar-refractivity contribution is -0.130. The van der Waals surface area contributed by atoms with Crippen molar-refractivity contribution in [1.29, 1.82) is 0 Å². The lowest BCUT2D eigenvalue weighted by Crippen LogP contribution is -2.28. The summed E-state index contributed by atoms with van der Waals surface area (Å²) in [4.78, 5) is 17.6. The van der Waals surface area contributed by atoms with Gasteiger partial charge < -0.3 is 9.32 Å². The van der Waals surface area contributed by atoms with Gasteiger partial charge >= 0.3 is 0 Å². The van der Waals surface area contributed by atoms with E-state index in [1.54, 1.807) is 36.2 Å². The molecule has 1 amide bonds. The normalized spacial score (nSPS) is 18.2. The maximum atomic E-state index is 13.6. The van der Waals surface area contributed by atoms with Gasteiger partial charge in [-0.15, -0.1) is 0 Å². The number of oxazole rings is 1. The number of carbonyl (C=O) groups excluding carboxylic acids is 1. The van der Waals surface area contributed by atoms with Crippen LogP contribution in [0.2, 0.25) is 0 Å². The van der Waals surface area contributed by atoms with Gasteiger partial charge in [0.25, 0.3) is 0 Å². The van der Waals surface area contributed by atoms with Gasteiger partial charge in [0.15, 0.2) is 0 Å². The highest BCUT2D eigenvalue weighted by Gasteiger charge is 2.31.